The maximum atomic E-state index is 13.1. The molecule has 156 valence electrons. The minimum absolute atomic E-state index is 0.0988. The van der Waals surface area contributed by atoms with Gasteiger partial charge in [0.15, 0.2) is 0 Å². The molecule has 3 N–H and O–H groups in total. The molecule has 1 atom stereocenters. The SMILES string of the molecule is CCCOc1cccc(C2c3c(-c4cc(C)ccc4O)n[nH]c3C(=O)N2CCO)c1. The minimum Gasteiger partial charge on any atom is -0.507 e. The lowest BCUT2D eigenvalue weighted by atomic mass is 9.95. The molecule has 7 heteroatoms. The number of hydrogen-bond donors (Lipinski definition) is 3. The van der Waals surface area contributed by atoms with Crippen LogP contribution in [0.4, 0.5) is 0 Å². The Hall–Kier alpha value is -3.32. The number of amides is 1. The van der Waals surface area contributed by atoms with Crippen LogP contribution in [0.3, 0.4) is 0 Å². The Morgan fingerprint density at radius 1 is 1.23 bits per heavy atom. The fourth-order valence-corrected chi connectivity index (χ4v) is 3.92. The van der Waals surface area contributed by atoms with E-state index in [2.05, 4.69) is 10.2 Å². The van der Waals surface area contributed by atoms with Crippen molar-refractivity contribution in [3.63, 3.8) is 0 Å². The Morgan fingerprint density at radius 3 is 2.83 bits per heavy atom. The van der Waals surface area contributed by atoms with Crippen LogP contribution in [0, 0.1) is 6.92 Å². The topological polar surface area (TPSA) is 98.7 Å². The van der Waals surface area contributed by atoms with E-state index in [1.54, 1.807) is 11.0 Å². The Morgan fingerprint density at radius 2 is 2.07 bits per heavy atom. The van der Waals surface area contributed by atoms with Crippen LogP contribution in [0.25, 0.3) is 11.3 Å². The number of aromatic nitrogens is 2. The number of β-amino-alcohol motifs (C(OH)–C–C–N with tert-alkyl or cyclic N) is 1. The summed E-state index contributed by atoms with van der Waals surface area (Å²) in [7, 11) is 0. The third kappa shape index (κ3) is 3.41. The molecule has 0 fully saturated rings. The number of carbonyl (C=O) groups is 1. The normalized spacial score (nSPS) is 15.5. The zero-order valence-electron chi connectivity index (χ0n) is 17.1. The van der Waals surface area contributed by atoms with Crippen LogP contribution >= 0.6 is 0 Å². The molecule has 7 nitrogen and oxygen atoms in total. The molecule has 30 heavy (non-hydrogen) atoms. The summed E-state index contributed by atoms with van der Waals surface area (Å²) in [4.78, 5) is 14.7. The van der Waals surface area contributed by atoms with E-state index >= 15 is 0 Å². The van der Waals surface area contributed by atoms with Crippen molar-refractivity contribution in [2.24, 2.45) is 0 Å². The van der Waals surface area contributed by atoms with E-state index in [-0.39, 0.29) is 24.8 Å². The van der Waals surface area contributed by atoms with E-state index in [1.807, 2.05) is 50.2 Å². The minimum atomic E-state index is -0.446. The highest BCUT2D eigenvalue weighted by molar-refractivity contribution is 6.00. The van der Waals surface area contributed by atoms with E-state index < -0.39 is 6.04 Å². The first-order valence-electron chi connectivity index (χ1n) is 10.1. The lowest BCUT2D eigenvalue weighted by molar-refractivity contribution is 0.0706. The molecule has 1 unspecified atom stereocenters. The van der Waals surface area contributed by atoms with Crippen molar-refractivity contribution in [1.82, 2.24) is 15.1 Å². The Kier molecular flexibility index (Phi) is 5.46. The summed E-state index contributed by atoms with van der Waals surface area (Å²) in [6.45, 7) is 4.61. The number of aliphatic hydroxyl groups excluding tert-OH is 1. The second-order valence-corrected chi connectivity index (χ2v) is 7.43. The van der Waals surface area contributed by atoms with E-state index in [0.29, 0.717) is 29.1 Å². The Balaban J connectivity index is 1.86. The number of carbonyl (C=O) groups excluding carboxylic acids is 1. The molecule has 0 saturated carbocycles. The predicted octanol–water partition coefficient (Wildman–Crippen LogP) is 3.42. The number of rotatable bonds is 7. The number of nitrogens with zero attached hydrogens (tertiary/aromatic N) is 2. The van der Waals surface area contributed by atoms with Crippen LogP contribution in [-0.2, 0) is 0 Å². The van der Waals surface area contributed by atoms with Crippen LogP contribution in [0.15, 0.2) is 42.5 Å². The van der Waals surface area contributed by atoms with Gasteiger partial charge < -0.3 is 19.8 Å². The lowest BCUT2D eigenvalue weighted by Crippen LogP contribution is -2.32. The smallest absolute Gasteiger partial charge is 0.273 e. The first-order chi connectivity index (χ1) is 14.5. The molecule has 0 spiro atoms. The quantitative estimate of drug-likeness (QED) is 0.557. The van der Waals surface area contributed by atoms with Crippen LogP contribution in [-0.4, -0.2) is 51.0 Å². The zero-order chi connectivity index (χ0) is 21.3. The van der Waals surface area contributed by atoms with E-state index in [9.17, 15) is 15.0 Å². The summed E-state index contributed by atoms with van der Waals surface area (Å²) >= 11 is 0. The lowest BCUT2D eigenvalue weighted by Gasteiger charge is -2.26. The van der Waals surface area contributed by atoms with Gasteiger partial charge in [-0.2, -0.15) is 5.10 Å². The molecule has 0 radical (unpaired) electrons. The van der Waals surface area contributed by atoms with E-state index in [1.165, 1.54) is 0 Å². The van der Waals surface area contributed by atoms with Crippen molar-refractivity contribution in [2.45, 2.75) is 26.3 Å². The van der Waals surface area contributed by atoms with Crippen molar-refractivity contribution in [1.29, 1.82) is 0 Å². The van der Waals surface area contributed by atoms with Crippen LogP contribution in [0.2, 0.25) is 0 Å². The summed E-state index contributed by atoms with van der Waals surface area (Å²) < 4.78 is 5.78. The number of fused-ring (bicyclic) bond motifs is 1. The molecule has 2 aromatic carbocycles. The number of aromatic hydroxyl groups is 1. The summed E-state index contributed by atoms with van der Waals surface area (Å²) in [6, 6.07) is 12.5. The molecule has 4 rings (SSSR count). The number of phenols is 1. The second kappa shape index (κ2) is 8.20. The number of hydrogen-bond acceptors (Lipinski definition) is 5. The van der Waals surface area contributed by atoms with Crippen LogP contribution in [0.1, 0.15) is 46.6 Å². The van der Waals surface area contributed by atoms with Gasteiger partial charge >= 0.3 is 0 Å². The van der Waals surface area contributed by atoms with Gasteiger partial charge in [0.2, 0.25) is 0 Å². The van der Waals surface area contributed by atoms with Crippen molar-refractivity contribution >= 4 is 5.91 Å². The van der Waals surface area contributed by atoms with Crippen molar-refractivity contribution in [3.8, 4) is 22.8 Å². The van der Waals surface area contributed by atoms with Crippen LogP contribution < -0.4 is 4.74 Å². The maximum Gasteiger partial charge on any atom is 0.273 e. The Bertz CT molecular complexity index is 1080. The van der Waals surface area contributed by atoms with E-state index in [0.717, 1.165) is 23.3 Å². The van der Waals surface area contributed by atoms with Crippen molar-refractivity contribution < 1.29 is 19.7 Å². The monoisotopic (exact) mass is 407 g/mol. The van der Waals surface area contributed by atoms with Crippen molar-refractivity contribution in [2.75, 3.05) is 19.8 Å². The zero-order valence-corrected chi connectivity index (χ0v) is 17.1. The van der Waals surface area contributed by atoms with Gasteiger partial charge in [-0.3, -0.25) is 9.89 Å². The fraction of sp³-hybridized carbons (Fsp3) is 0.304. The first kappa shape index (κ1) is 20.0. The number of ether oxygens (including phenoxy) is 1. The number of benzene rings is 2. The predicted molar refractivity (Wildman–Crippen MR) is 113 cm³/mol. The molecule has 1 aliphatic heterocycles. The molecule has 3 aromatic rings. The molecule has 2 heterocycles. The second-order valence-electron chi connectivity index (χ2n) is 7.43. The molecule has 1 aliphatic rings. The number of aliphatic hydroxyl groups is 1. The fourth-order valence-electron chi connectivity index (χ4n) is 3.92. The van der Waals surface area contributed by atoms with Gasteiger partial charge in [-0.25, -0.2) is 0 Å². The Labute approximate surface area is 174 Å². The highest BCUT2D eigenvalue weighted by Crippen LogP contribution is 2.44. The van der Waals surface area contributed by atoms with Gasteiger partial charge in [0.25, 0.3) is 5.91 Å². The van der Waals surface area contributed by atoms with Gasteiger partial charge in [0.05, 0.1) is 19.3 Å². The third-order valence-electron chi connectivity index (χ3n) is 5.26. The molecule has 0 bridgehead atoms. The number of H-pyrrole nitrogens is 1. The first-order valence-corrected chi connectivity index (χ1v) is 10.1. The average Bonchev–Trinajstić information content (AvgIpc) is 3.28. The number of phenolic OH excluding ortho intramolecular Hbond substituents is 1. The average molecular weight is 407 g/mol. The summed E-state index contributed by atoms with van der Waals surface area (Å²) in [5, 5.41) is 27.3. The largest absolute Gasteiger partial charge is 0.507 e. The summed E-state index contributed by atoms with van der Waals surface area (Å²) in [6.07, 6.45) is 0.894. The van der Waals surface area contributed by atoms with Gasteiger partial charge in [0.1, 0.15) is 22.9 Å². The highest BCUT2D eigenvalue weighted by Gasteiger charge is 2.42. The number of aryl methyl sites for hydroxylation is 1. The van der Waals surface area contributed by atoms with Crippen LogP contribution in [0.5, 0.6) is 11.5 Å². The van der Waals surface area contributed by atoms with Gasteiger partial charge in [-0.05, 0) is 43.2 Å². The third-order valence-corrected chi connectivity index (χ3v) is 5.26. The van der Waals surface area contributed by atoms with Gasteiger partial charge in [-0.15, -0.1) is 0 Å². The molecule has 0 aliphatic carbocycles. The van der Waals surface area contributed by atoms with Crippen molar-refractivity contribution in [3.05, 3.63) is 64.8 Å². The standard InChI is InChI=1S/C23H25N3O4/c1-3-11-30-16-6-4-5-15(13-16)22-19-20(17-12-14(2)7-8-18(17)28)24-25-21(19)23(29)26(22)9-10-27/h4-8,12-13,22,27-28H,3,9-11H2,1-2H3,(H,24,25). The summed E-state index contributed by atoms with van der Waals surface area (Å²) in [5.41, 5.74) is 4.01. The van der Waals surface area contributed by atoms with Gasteiger partial charge in [0, 0.05) is 17.7 Å². The van der Waals surface area contributed by atoms with Gasteiger partial charge in [-0.1, -0.05) is 30.7 Å². The molecular weight excluding hydrogens is 382 g/mol. The summed E-state index contributed by atoms with van der Waals surface area (Å²) in [5.74, 6) is 0.596. The highest BCUT2D eigenvalue weighted by atomic mass is 16.5. The maximum absolute atomic E-state index is 13.1. The number of nitrogens with one attached hydrogen (secondary N) is 1. The number of aromatic amines is 1. The molecule has 1 amide bonds. The molecule has 0 saturated heterocycles. The molecule has 1 aromatic heterocycles. The van der Waals surface area contributed by atoms with E-state index in [4.69, 9.17) is 4.74 Å². The molecular formula is C23H25N3O4.